The molecule has 0 bridgehead atoms. The molecule has 1 aliphatic rings. The smallest absolute Gasteiger partial charge is 0.133 e. The molecule has 4 rings (SSSR count). The summed E-state index contributed by atoms with van der Waals surface area (Å²) in [6.07, 6.45) is 5.45. The maximum absolute atomic E-state index is 6.11. The summed E-state index contributed by atoms with van der Waals surface area (Å²) in [6, 6.07) is 7.90. The van der Waals surface area contributed by atoms with Gasteiger partial charge in [0.25, 0.3) is 0 Å². The molecule has 0 aliphatic carbocycles. The maximum Gasteiger partial charge on any atom is 0.133 e. The van der Waals surface area contributed by atoms with E-state index < -0.39 is 0 Å². The second-order valence-corrected chi connectivity index (χ2v) is 6.54. The second-order valence-electron chi connectivity index (χ2n) is 6.54. The molecule has 4 heterocycles. The SMILES string of the molecule is CC(C)Oc1cc(N2CCOCC2)nc2c(-c3cccnc3)nccc12. The van der Waals surface area contributed by atoms with Gasteiger partial charge in [-0.2, -0.15) is 0 Å². The summed E-state index contributed by atoms with van der Waals surface area (Å²) < 4.78 is 11.6. The van der Waals surface area contributed by atoms with Crippen LogP contribution in [0.4, 0.5) is 5.82 Å². The average molecular weight is 350 g/mol. The number of pyridine rings is 3. The monoisotopic (exact) mass is 350 g/mol. The fourth-order valence-electron chi connectivity index (χ4n) is 3.13. The van der Waals surface area contributed by atoms with Crippen LogP contribution < -0.4 is 9.64 Å². The summed E-state index contributed by atoms with van der Waals surface area (Å²) in [5, 5.41) is 0.963. The van der Waals surface area contributed by atoms with Crippen molar-refractivity contribution in [2.24, 2.45) is 0 Å². The highest BCUT2D eigenvalue weighted by atomic mass is 16.5. The normalized spacial score (nSPS) is 14.8. The zero-order valence-electron chi connectivity index (χ0n) is 15.1. The van der Waals surface area contributed by atoms with Crippen LogP contribution in [0.25, 0.3) is 22.2 Å². The fraction of sp³-hybridized carbons (Fsp3) is 0.350. The molecule has 6 heteroatoms. The average Bonchev–Trinajstić information content (AvgIpc) is 2.68. The van der Waals surface area contributed by atoms with Crippen molar-refractivity contribution in [2.45, 2.75) is 20.0 Å². The van der Waals surface area contributed by atoms with Gasteiger partial charge in [0.2, 0.25) is 0 Å². The van der Waals surface area contributed by atoms with E-state index in [-0.39, 0.29) is 6.10 Å². The maximum atomic E-state index is 6.11. The van der Waals surface area contributed by atoms with Crippen LogP contribution in [0.15, 0.2) is 42.9 Å². The Morgan fingerprint density at radius 1 is 1.15 bits per heavy atom. The van der Waals surface area contributed by atoms with Crippen LogP contribution in [-0.4, -0.2) is 47.4 Å². The van der Waals surface area contributed by atoms with E-state index in [9.17, 15) is 0 Å². The minimum Gasteiger partial charge on any atom is -0.490 e. The fourth-order valence-corrected chi connectivity index (χ4v) is 3.13. The Morgan fingerprint density at radius 2 is 2.00 bits per heavy atom. The standard InChI is InChI=1S/C20H22N4O2/c1-14(2)26-17-12-18(24-8-10-25-11-9-24)23-20-16(17)5-7-22-19(20)15-4-3-6-21-13-15/h3-7,12-14H,8-11H2,1-2H3. The lowest BCUT2D eigenvalue weighted by molar-refractivity contribution is 0.122. The highest BCUT2D eigenvalue weighted by molar-refractivity contribution is 5.96. The first-order valence-electron chi connectivity index (χ1n) is 8.92. The van der Waals surface area contributed by atoms with E-state index >= 15 is 0 Å². The lowest BCUT2D eigenvalue weighted by Gasteiger charge is -2.28. The number of anilines is 1. The van der Waals surface area contributed by atoms with Crippen molar-refractivity contribution in [1.29, 1.82) is 0 Å². The molecule has 0 unspecified atom stereocenters. The Bertz CT molecular complexity index is 893. The summed E-state index contributed by atoms with van der Waals surface area (Å²) in [5.41, 5.74) is 2.60. The Hall–Kier alpha value is -2.73. The molecule has 0 atom stereocenters. The van der Waals surface area contributed by atoms with Gasteiger partial charge in [-0.1, -0.05) is 0 Å². The molecule has 134 valence electrons. The quantitative estimate of drug-likeness (QED) is 0.719. The number of hydrogen-bond donors (Lipinski definition) is 0. The topological polar surface area (TPSA) is 60.4 Å². The summed E-state index contributed by atoms with van der Waals surface area (Å²) in [6.45, 7) is 7.13. The van der Waals surface area contributed by atoms with Gasteiger partial charge in [-0.3, -0.25) is 9.97 Å². The summed E-state index contributed by atoms with van der Waals surface area (Å²) in [7, 11) is 0. The number of aromatic nitrogens is 3. The first-order chi connectivity index (χ1) is 12.7. The number of hydrogen-bond acceptors (Lipinski definition) is 6. The van der Waals surface area contributed by atoms with Gasteiger partial charge < -0.3 is 14.4 Å². The Labute approximate surface area is 152 Å². The van der Waals surface area contributed by atoms with E-state index in [2.05, 4.69) is 14.9 Å². The highest BCUT2D eigenvalue weighted by Crippen LogP contribution is 2.34. The van der Waals surface area contributed by atoms with Gasteiger partial charge in [-0.15, -0.1) is 0 Å². The lowest BCUT2D eigenvalue weighted by atomic mass is 10.1. The minimum atomic E-state index is 0.0770. The number of rotatable bonds is 4. The van der Waals surface area contributed by atoms with E-state index in [1.54, 1.807) is 12.4 Å². The molecule has 0 saturated carbocycles. The van der Waals surface area contributed by atoms with Gasteiger partial charge in [0.15, 0.2) is 0 Å². The predicted molar refractivity (Wildman–Crippen MR) is 102 cm³/mol. The Balaban J connectivity index is 1.90. The molecule has 26 heavy (non-hydrogen) atoms. The largest absolute Gasteiger partial charge is 0.490 e. The van der Waals surface area contributed by atoms with E-state index in [1.165, 1.54) is 0 Å². The number of ether oxygens (including phenoxy) is 2. The number of morpholine rings is 1. The van der Waals surface area contributed by atoms with E-state index in [0.717, 1.165) is 46.8 Å². The van der Waals surface area contributed by atoms with Crippen LogP contribution in [0.2, 0.25) is 0 Å². The third-order valence-electron chi connectivity index (χ3n) is 4.31. The van der Waals surface area contributed by atoms with Gasteiger partial charge in [-0.05, 0) is 32.0 Å². The molecule has 6 nitrogen and oxygen atoms in total. The molecular formula is C20H22N4O2. The molecule has 3 aromatic rings. The molecule has 0 aromatic carbocycles. The minimum absolute atomic E-state index is 0.0770. The molecule has 1 aliphatic heterocycles. The van der Waals surface area contributed by atoms with Crippen molar-refractivity contribution in [3.05, 3.63) is 42.9 Å². The van der Waals surface area contributed by atoms with Crippen molar-refractivity contribution < 1.29 is 9.47 Å². The summed E-state index contributed by atoms with van der Waals surface area (Å²) >= 11 is 0. The van der Waals surface area contributed by atoms with Crippen LogP contribution in [-0.2, 0) is 4.74 Å². The predicted octanol–water partition coefficient (Wildman–Crippen LogP) is 3.32. The van der Waals surface area contributed by atoms with Gasteiger partial charge >= 0.3 is 0 Å². The van der Waals surface area contributed by atoms with Gasteiger partial charge in [0, 0.05) is 48.7 Å². The van der Waals surface area contributed by atoms with E-state index in [4.69, 9.17) is 14.5 Å². The van der Waals surface area contributed by atoms with Crippen molar-refractivity contribution in [1.82, 2.24) is 15.0 Å². The first-order valence-corrected chi connectivity index (χ1v) is 8.92. The van der Waals surface area contributed by atoms with Crippen LogP contribution in [0, 0.1) is 0 Å². The molecule has 0 amide bonds. The van der Waals surface area contributed by atoms with Crippen molar-refractivity contribution in [3.63, 3.8) is 0 Å². The number of nitrogens with zero attached hydrogens (tertiary/aromatic N) is 4. The summed E-state index contributed by atoms with van der Waals surface area (Å²) in [4.78, 5) is 16.0. The van der Waals surface area contributed by atoms with Crippen LogP contribution in [0.3, 0.4) is 0 Å². The molecule has 1 fully saturated rings. The first kappa shape index (κ1) is 16.7. The Morgan fingerprint density at radius 3 is 2.73 bits per heavy atom. The zero-order valence-corrected chi connectivity index (χ0v) is 15.1. The van der Waals surface area contributed by atoms with Crippen LogP contribution in [0.5, 0.6) is 5.75 Å². The second kappa shape index (κ2) is 7.25. The molecule has 1 saturated heterocycles. The van der Waals surface area contributed by atoms with Crippen molar-refractivity contribution >= 4 is 16.7 Å². The Kier molecular flexibility index (Phi) is 4.67. The molecule has 0 N–H and O–H groups in total. The van der Waals surface area contributed by atoms with Crippen LogP contribution >= 0.6 is 0 Å². The van der Waals surface area contributed by atoms with Gasteiger partial charge in [-0.25, -0.2) is 4.98 Å². The van der Waals surface area contributed by atoms with E-state index in [1.807, 2.05) is 44.3 Å². The van der Waals surface area contributed by atoms with Crippen molar-refractivity contribution in [3.8, 4) is 17.0 Å². The highest BCUT2D eigenvalue weighted by Gasteiger charge is 2.18. The zero-order chi connectivity index (χ0) is 17.9. The van der Waals surface area contributed by atoms with Gasteiger partial charge in [0.1, 0.15) is 17.1 Å². The van der Waals surface area contributed by atoms with E-state index in [0.29, 0.717) is 13.2 Å². The number of fused-ring (bicyclic) bond motifs is 1. The van der Waals surface area contributed by atoms with Gasteiger partial charge in [0.05, 0.1) is 25.0 Å². The van der Waals surface area contributed by atoms with Crippen LogP contribution in [0.1, 0.15) is 13.8 Å². The molecule has 0 radical (unpaired) electrons. The molecule has 3 aromatic heterocycles. The van der Waals surface area contributed by atoms with Crippen molar-refractivity contribution in [2.75, 3.05) is 31.2 Å². The third-order valence-corrected chi connectivity index (χ3v) is 4.31. The summed E-state index contributed by atoms with van der Waals surface area (Å²) in [5.74, 6) is 1.73. The lowest BCUT2D eigenvalue weighted by Crippen LogP contribution is -2.36. The third kappa shape index (κ3) is 3.32. The molecule has 0 spiro atoms. The molecular weight excluding hydrogens is 328 g/mol.